The molecule has 0 fully saturated rings. The molecule has 4 heteroatoms. The van der Waals surface area contributed by atoms with Crippen LogP contribution in [0.3, 0.4) is 0 Å². The van der Waals surface area contributed by atoms with Crippen LogP contribution < -0.4 is 5.73 Å². The lowest BCUT2D eigenvalue weighted by Gasteiger charge is -1.92. The molecule has 0 radical (unpaired) electrons. The van der Waals surface area contributed by atoms with Crippen LogP contribution in [-0.2, 0) is 0 Å². The van der Waals surface area contributed by atoms with Gasteiger partial charge in [0.15, 0.2) is 0 Å². The Morgan fingerprint density at radius 1 is 1.55 bits per heavy atom. The zero-order valence-corrected chi connectivity index (χ0v) is 6.15. The maximum absolute atomic E-state index is 5.46. The Kier molecular flexibility index (Phi) is 1.09. The molecule has 2 N–H and O–H groups in total. The summed E-state index contributed by atoms with van der Waals surface area (Å²) in [6.45, 7) is 1.93. The van der Waals surface area contributed by atoms with Gasteiger partial charge in [-0.05, 0) is 13.0 Å². The number of nitrogens with zero attached hydrogens (tertiary/aromatic N) is 3. The standard InChI is InChI=1S/C7H8N4/c1-5-2-6-3-9-7(8)4-11(6)10-5/h2-4H,8H2,1H3. The highest BCUT2D eigenvalue weighted by Crippen LogP contribution is 2.05. The molecule has 11 heavy (non-hydrogen) atoms. The first-order valence-electron chi connectivity index (χ1n) is 3.33. The van der Waals surface area contributed by atoms with E-state index in [1.165, 1.54) is 0 Å². The van der Waals surface area contributed by atoms with Gasteiger partial charge in [0.05, 0.1) is 23.6 Å². The Morgan fingerprint density at radius 3 is 3.18 bits per heavy atom. The van der Waals surface area contributed by atoms with Crippen LogP contribution in [0.5, 0.6) is 0 Å². The second-order valence-electron chi connectivity index (χ2n) is 2.47. The maximum Gasteiger partial charge on any atom is 0.141 e. The average molecular weight is 148 g/mol. The minimum Gasteiger partial charge on any atom is -0.382 e. The van der Waals surface area contributed by atoms with Gasteiger partial charge in [0.25, 0.3) is 0 Å². The number of anilines is 1. The molecule has 0 aromatic carbocycles. The predicted octanol–water partition coefficient (Wildman–Crippen LogP) is 0.620. The zero-order valence-electron chi connectivity index (χ0n) is 6.15. The number of rotatable bonds is 0. The average Bonchev–Trinajstić information content (AvgIpc) is 2.27. The molecule has 0 saturated carbocycles. The number of aryl methyl sites for hydroxylation is 1. The normalized spacial score (nSPS) is 10.6. The van der Waals surface area contributed by atoms with Crippen LogP contribution >= 0.6 is 0 Å². The minimum absolute atomic E-state index is 0.487. The summed E-state index contributed by atoms with van der Waals surface area (Å²) >= 11 is 0. The zero-order chi connectivity index (χ0) is 7.84. The number of fused-ring (bicyclic) bond motifs is 1. The molecule has 0 unspecified atom stereocenters. The Morgan fingerprint density at radius 2 is 2.36 bits per heavy atom. The summed E-state index contributed by atoms with van der Waals surface area (Å²) in [7, 11) is 0. The van der Waals surface area contributed by atoms with E-state index in [4.69, 9.17) is 5.73 Å². The van der Waals surface area contributed by atoms with E-state index >= 15 is 0 Å². The molecule has 0 spiro atoms. The summed E-state index contributed by atoms with van der Waals surface area (Å²) in [4.78, 5) is 3.94. The van der Waals surface area contributed by atoms with Gasteiger partial charge in [-0.1, -0.05) is 0 Å². The molecule has 0 saturated heterocycles. The van der Waals surface area contributed by atoms with Gasteiger partial charge in [-0.25, -0.2) is 9.50 Å². The maximum atomic E-state index is 5.46. The molecular formula is C7H8N4. The molecule has 2 aromatic heterocycles. The number of aromatic nitrogens is 3. The molecule has 0 amide bonds. The first-order chi connectivity index (χ1) is 5.25. The van der Waals surface area contributed by atoms with Crippen molar-refractivity contribution in [1.29, 1.82) is 0 Å². The quantitative estimate of drug-likeness (QED) is 0.595. The Hall–Kier alpha value is -1.58. The highest BCUT2D eigenvalue weighted by atomic mass is 15.2. The van der Waals surface area contributed by atoms with Crippen LogP contribution in [0.15, 0.2) is 18.5 Å². The van der Waals surface area contributed by atoms with E-state index in [1.807, 2.05) is 13.0 Å². The fraction of sp³-hybridized carbons (Fsp3) is 0.143. The Bertz CT molecular complexity index is 390. The molecule has 56 valence electrons. The Balaban J connectivity index is 2.82. The highest BCUT2D eigenvalue weighted by molar-refractivity contribution is 5.47. The summed E-state index contributed by atoms with van der Waals surface area (Å²) in [6, 6.07) is 1.95. The van der Waals surface area contributed by atoms with Crippen molar-refractivity contribution in [1.82, 2.24) is 14.6 Å². The van der Waals surface area contributed by atoms with Gasteiger partial charge in [-0.3, -0.25) is 0 Å². The Labute approximate surface area is 63.7 Å². The number of hydrogen-bond acceptors (Lipinski definition) is 3. The van der Waals surface area contributed by atoms with Crippen LogP contribution in [0.1, 0.15) is 5.69 Å². The molecule has 2 rings (SSSR count). The molecular weight excluding hydrogens is 140 g/mol. The van der Waals surface area contributed by atoms with Crippen molar-refractivity contribution in [3.8, 4) is 0 Å². The monoisotopic (exact) mass is 148 g/mol. The van der Waals surface area contributed by atoms with Crippen molar-refractivity contribution in [3.63, 3.8) is 0 Å². The summed E-state index contributed by atoms with van der Waals surface area (Å²) in [5.74, 6) is 0.487. The van der Waals surface area contributed by atoms with Crippen LogP contribution in [0.25, 0.3) is 5.52 Å². The van der Waals surface area contributed by atoms with E-state index in [-0.39, 0.29) is 0 Å². The van der Waals surface area contributed by atoms with Gasteiger partial charge in [0.2, 0.25) is 0 Å². The van der Waals surface area contributed by atoms with Crippen molar-refractivity contribution in [3.05, 3.63) is 24.2 Å². The van der Waals surface area contributed by atoms with Crippen LogP contribution in [0, 0.1) is 6.92 Å². The fourth-order valence-electron chi connectivity index (χ4n) is 1.04. The van der Waals surface area contributed by atoms with Gasteiger partial charge < -0.3 is 5.73 Å². The second-order valence-corrected chi connectivity index (χ2v) is 2.47. The molecule has 0 atom stereocenters. The lowest BCUT2D eigenvalue weighted by Crippen LogP contribution is -1.94. The van der Waals surface area contributed by atoms with Crippen LogP contribution in [0.4, 0.5) is 5.82 Å². The summed E-state index contributed by atoms with van der Waals surface area (Å²) < 4.78 is 1.72. The topological polar surface area (TPSA) is 56.2 Å². The third kappa shape index (κ3) is 0.920. The minimum atomic E-state index is 0.487. The number of nitrogens with two attached hydrogens (primary N) is 1. The molecule has 2 heterocycles. The first kappa shape index (κ1) is 6.15. The van der Waals surface area contributed by atoms with Gasteiger partial charge >= 0.3 is 0 Å². The van der Waals surface area contributed by atoms with Crippen molar-refractivity contribution in [2.24, 2.45) is 0 Å². The van der Waals surface area contributed by atoms with Gasteiger partial charge in [0.1, 0.15) is 5.82 Å². The van der Waals surface area contributed by atoms with E-state index < -0.39 is 0 Å². The highest BCUT2D eigenvalue weighted by Gasteiger charge is 1.96. The van der Waals surface area contributed by atoms with Crippen LogP contribution in [-0.4, -0.2) is 14.6 Å². The third-order valence-corrected chi connectivity index (χ3v) is 1.49. The smallest absolute Gasteiger partial charge is 0.141 e. The largest absolute Gasteiger partial charge is 0.382 e. The lowest BCUT2D eigenvalue weighted by atomic mass is 10.4. The fourth-order valence-corrected chi connectivity index (χ4v) is 1.04. The number of hydrogen-bond donors (Lipinski definition) is 1. The summed E-state index contributed by atoms with van der Waals surface area (Å²) in [6.07, 6.45) is 3.40. The summed E-state index contributed by atoms with van der Waals surface area (Å²) in [5, 5.41) is 4.17. The molecule has 2 aromatic rings. The van der Waals surface area contributed by atoms with Crippen molar-refractivity contribution in [2.45, 2.75) is 6.92 Å². The van der Waals surface area contributed by atoms with E-state index in [9.17, 15) is 0 Å². The van der Waals surface area contributed by atoms with Gasteiger partial charge in [0, 0.05) is 0 Å². The molecule has 0 aliphatic carbocycles. The molecule has 4 nitrogen and oxygen atoms in total. The van der Waals surface area contributed by atoms with Crippen molar-refractivity contribution in [2.75, 3.05) is 5.73 Å². The first-order valence-corrected chi connectivity index (χ1v) is 3.33. The lowest BCUT2D eigenvalue weighted by molar-refractivity contribution is 0.926. The van der Waals surface area contributed by atoms with E-state index in [1.54, 1.807) is 16.9 Å². The van der Waals surface area contributed by atoms with Crippen molar-refractivity contribution < 1.29 is 0 Å². The van der Waals surface area contributed by atoms with Crippen molar-refractivity contribution >= 4 is 11.3 Å². The van der Waals surface area contributed by atoms with E-state index in [2.05, 4.69) is 10.1 Å². The second kappa shape index (κ2) is 1.95. The molecule has 0 aliphatic heterocycles. The van der Waals surface area contributed by atoms with Gasteiger partial charge in [-0.2, -0.15) is 5.10 Å². The molecule has 0 bridgehead atoms. The van der Waals surface area contributed by atoms with E-state index in [0.29, 0.717) is 5.82 Å². The number of nitrogen functional groups attached to an aromatic ring is 1. The molecule has 0 aliphatic rings. The third-order valence-electron chi connectivity index (χ3n) is 1.49. The summed E-state index contributed by atoms with van der Waals surface area (Å²) in [5.41, 5.74) is 7.40. The van der Waals surface area contributed by atoms with Crippen LogP contribution in [0.2, 0.25) is 0 Å². The van der Waals surface area contributed by atoms with E-state index in [0.717, 1.165) is 11.2 Å². The van der Waals surface area contributed by atoms with Gasteiger partial charge in [-0.15, -0.1) is 0 Å². The predicted molar refractivity (Wildman–Crippen MR) is 42.1 cm³/mol. The SMILES string of the molecule is Cc1cc2cnc(N)cn2n1.